The maximum Gasteiger partial charge on any atom is 0.349 e. The van der Waals surface area contributed by atoms with Crippen molar-refractivity contribution in [2.24, 2.45) is 0 Å². The minimum absolute atomic E-state index is 0.309. The molecule has 1 heterocycles. The number of esters is 1. The Morgan fingerprint density at radius 1 is 1.08 bits per heavy atom. The number of ether oxygens (including phenoxy) is 1. The molecule has 4 nitrogen and oxygen atoms in total. The molecule has 0 fully saturated rings. The molecular weight excluding hydrogens is 334 g/mol. The second-order valence-corrected chi connectivity index (χ2v) is 6.86. The average molecular weight is 353 g/mol. The van der Waals surface area contributed by atoms with Crippen molar-refractivity contribution in [2.75, 3.05) is 0 Å². The minimum atomic E-state index is -0.846. The Labute approximate surface area is 150 Å². The van der Waals surface area contributed by atoms with Gasteiger partial charge in [-0.05, 0) is 36.4 Å². The van der Waals surface area contributed by atoms with Gasteiger partial charge < -0.3 is 10.1 Å². The van der Waals surface area contributed by atoms with Gasteiger partial charge in [0.05, 0.1) is 0 Å². The second-order valence-electron chi connectivity index (χ2n) is 5.80. The van der Waals surface area contributed by atoms with E-state index < -0.39 is 12.1 Å². The van der Waals surface area contributed by atoms with Gasteiger partial charge in [-0.1, -0.05) is 48.5 Å². The van der Waals surface area contributed by atoms with Crippen LogP contribution in [0.1, 0.15) is 27.7 Å². The summed E-state index contributed by atoms with van der Waals surface area (Å²) in [5.74, 6) is -0.767. The summed E-state index contributed by atoms with van der Waals surface area (Å²) in [4.78, 5) is 25.1. The molecule has 1 aromatic heterocycles. The predicted octanol–water partition coefficient (Wildman–Crippen LogP) is 4.07. The van der Waals surface area contributed by atoms with Crippen molar-refractivity contribution in [1.82, 2.24) is 5.32 Å². The van der Waals surface area contributed by atoms with Crippen LogP contribution in [0.2, 0.25) is 0 Å². The van der Waals surface area contributed by atoms with Gasteiger partial charge in [0.2, 0.25) is 0 Å². The number of fused-ring (bicyclic) bond motifs is 1. The first-order chi connectivity index (χ1) is 12.1. The Morgan fingerprint density at radius 2 is 1.76 bits per heavy atom. The molecular formula is C20H19NO3S. The average Bonchev–Trinajstić information content (AvgIpc) is 2.97. The molecule has 3 aromatic rings. The Hall–Kier alpha value is -2.66. The van der Waals surface area contributed by atoms with E-state index >= 15 is 0 Å². The van der Waals surface area contributed by atoms with E-state index in [0.717, 1.165) is 21.2 Å². The molecule has 0 radical (unpaired) electrons. The highest BCUT2D eigenvalue weighted by Gasteiger charge is 2.22. The fraction of sp³-hybridized carbons (Fsp3) is 0.200. The highest BCUT2D eigenvalue weighted by Crippen LogP contribution is 2.31. The van der Waals surface area contributed by atoms with Crippen LogP contribution in [0.4, 0.5) is 0 Å². The number of amides is 1. The largest absolute Gasteiger partial charge is 0.448 e. The van der Waals surface area contributed by atoms with Crippen molar-refractivity contribution >= 4 is 33.3 Å². The topological polar surface area (TPSA) is 55.4 Å². The lowest BCUT2D eigenvalue weighted by Gasteiger charge is -2.13. The zero-order valence-corrected chi connectivity index (χ0v) is 14.9. The fourth-order valence-electron chi connectivity index (χ4n) is 2.57. The first kappa shape index (κ1) is 17.2. The van der Waals surface area contributed by atoms with E-state index in [2.05, 4.69) is 5.32 Å². The van der Waals surface area contributed by atoms with Crippen LogP contribution >= 0.6 is 11.3 Å². The van der Waals surface area contributed by atoms with Crippen LogP contribution in [0.25, 0.3) is 10.1 Å². The van der Waals surface area contributed by atoms with Gasteiger partial charge in [0.25, 0.3) is 5.91 Å². The van der Waals surface area contributed by atoms with Crippen LogP contribution in [-0.4, -0.2) is 18.0 Å². The molecule has 128 valence electrons. The third-order valence-corrected chi connectivity index (χ3v) is 5.24. The molecule has 0 bridgehead atoms. The smallest absolute Gasteiger partial charge is 0.349 e. The van der Waals surface area contributed by atoms with E-state index in [-0.39, 0.29) is 5.91 Å². The van der Waals surface area contributed by atoms with Crippen molar-refractivity contribution in [3.8, 4) is 0 Å². The van der Waals surface area contributed by atoms with Crippen molar-refractivity contribution in [1.29, 1.82) is 0 Å². The van der Waals surface area contributed by atoms with E-state index in [9.17, 15) is 9.59 Å². The van der Waals surface area contributed by atoms with Crippen molar-refractivity contribution < 1.29 is 14.3 Å². The summed E-state index contributed by atoms with van der Waals surface area (Å²) >= 11 is 1.39. The van der Waals surface area contributed by atoms with E-state index in [1.807, 2.05) is 61.5 Å². The third-order valence-electron chi connectivity index (χ3n) is 3.99. The highest BCUT2D eigenvalue weighted by molar-refractivity contribution is 7.21. The summed E-state index contributed by atoms with van der Waals surface area (Å²) < 4.78 is 6.39. The van der Waals surface area contributed by atoms with Crippen LogP contribution in [0, 0.1) is 6.92 Å². The monoisotopic (exact) mass is 353 g/mol. The highest BCUT2D eigenvalue weighted by atomic mass is 32.1. The molecule has 5 heteroatoms. The summed E-state index contributed by atoms with van der Waals surface area (Å²) in [6, 6.07) is 17.4. The van der Waals surface area contributed by atoms with Gasteiger partial charge in [0.15, 0.2) is 6.10 Å². The molecule has 25 heavy (non-hydrogen) atoms. The summed E-state index contributed by atoms with van der Waals surface area (Å²) in [6.07, 6.45) is -0.846. The molecule has 0 saturated heterocycles. The molecule has 0 aliphatic carbocycles. The van der Waals surface area contributed by atoms with Crippen LogP contribution < -0.4 is 5.32 Å². The molecule has 0 saturated carbocycles. The van der Waals surface area contributed by atoms with Gasteiger partial charge in [-0.2, -0.15) is 0 Å². The number of carbonyl (C=O) groups is 2. The molecule has 0 spiro atoms. The SMILES string of the molecule is Cc1c(C(=O)O[C@@H](C)C(=O)NCc2ccccc2)sc2ccccc12. The van der Waals surface area contributed by atoms with Crippen LogP contribution in [-0.2, 0) is 16.1 Å². The third kappa shape index (κ3) is 3.88. The van der Waals surface area contributed by atoms with E-state index in [4.69, 9.17) is 4.74 Å². The van der Waals surface area contributed by atoms with E-state index in [1.165, 1.54) is 11.3 Å². The van der Waals surface area contributed by atoms with Gasteiger partial charge in [0.1, 0.15) is 4.88 Å². The maximum atomic E-state index is 12.4. The molecule has 0 aliphatic heterocycles. The molecule has 0 aliphatic rings. The number of rotatable bonds is 5. The number of carbonyl (C=O) groups excluding carboxylic acids is 2. The summed E-state index contributed by atoms with van der Waals surface area (Å²) in [6.45, 7) is 3.89. The van der Waals surface area contributed by atoms with Crippen molar-refractivity contribution in [3.63, 3.8) is 0 Å². The van der Waals surface area contributed by atoms with Gasteiger partial charge in [-0.25, -0.2) is 4.79 Å². The van der Waals surface area contributed by atoms with E-state index in [1.54, 1.807) is 6.92 Å². The first-order valence-electron chi connectivity index (χ1n) is 8.07. The Morgan fingerprint density at radius 3 is 2.48 bits per heavy atom. The van der Waals surface area contributed by atoms with Crippen LogP contribution in [0.5, 0.6) is 0 Å². The summed E-state index contributed by atoms with van der Waals surface area (Å²) in [5.41, 5.74) is 1.89. The molecule has 0 unspecified atom stereocenters. The molecule has 3 rings (SSSR count). The summed E-state index contributed by atoms with van der Waals surface area (Å²) in [7, 11) is 0. The maximum absolute atomic E-state index is 12.4. The van der Waals surface area contributed by atoms with Gasteiger partial charge in [0, 0.05) is 11.2 Å². The first-order valence-corrected chi connectivity index (χ1v) is 8.88. The second kappa shape index (κ2) is 7.49. The van der Waals surface area contributed by atoms with Crippen LogP contribution in [0.15, 0.2) is 54.6 Å². The zero-order valence-electron chi connectivity index (χ0n) is 14.1. The Kier molecular flexibility index (Phi) is 5.14. The number of nitrogens with one attached hydrogen (secondary N) is 1. The Bertz CT molecular complexity index is 902. The molecule has 2 aromatic carbocycles. The van der Waals surface area contributed by atoms with Crippen molar-refractivity contribution in [2.45, 2.75) is 26.5 Å². The van der Waals surface area contributed by atoms with Crippen molar-refractivity contribution in [3.05, 3.63) is 70.6 Å². The van der Waals surface area contributed by atoms with Gasteiger partial charge in [-0.15, -0.1) is 11.3 Å². The lowest BCUT2D eigenvalue weighted by atomic mass is 10.1. The fourth-order valence-corrected chi connectivity index (χ4v) is 3.66. The Balaban J connectivity index is 1.63. The predicted molar refractivity (Wildman–Crippen MR) is 99.7 cm³/mol. The van der Waals surface area contributed by atoms with Gasteiger partial charge in [-0.3, -0.25) is 4.79 Å². The lowest BCUT2D eigenvalue weighted by Crippen LogP contribution is -2.35. The summed E-state index contributed by atoms with van der Waals surface area (Å²) in [5, 5.41) is 3.83. The minimum Gasteiger partial charge on any atom is -0.448 e. The lowest BCUT2D eigenvalue weighted by molar-refractivity contribution is -0.129. The molecule has 1 N–H and O–H groups in total. The number of aryl methyl sites for hydroxylation is 1. The number of hydrogen-bond acceptors (Lipinski definition) is 4. The van der Waals surface area contributed by atoms with E-state index in [0.29, 0.717) is 11.4 Å². The molecule has 1 atom stereocenters. The normalized spacial score (nSPS) is 11.9. The number of benzene rings is 2. The standard InChI is InChI=1S/C20H19NO3S/c1-13-16-10-6-7-11-17(16)25-18(13)20(23)24-14(2)19(22)21-12-15-8-4-3-5-9-15/h3-11,14H,12H2,1-2H3,(H,21,22)/t14-/m0/s1. The van der Waals surface area contributed by atoms with Gasteiger partial charge >= 0.3 is 5.97 Å². The van der Waals surface area contributed by atoms with Crippen LogP contribution in [0.3, 0.4) is 0 Å². The number of thiophene rings is 1. The zero-order chi connectivity index (χ0) is 17.8. The quantitative estimate of drug-likeness (QED) is 0.704. The molecule has 1 amide bonds. The number of hydrogen-bond donors (Lipinski definition) is 1.